The smallest absolute Gasteiger partial charge is 0.200 e. The number of ether oxygens (including phenoxy) is 1. The predicted molar refractivity (Wildman–Crippen MR) is 79.7 cm³/mol. The largest absolute Gasteiger partial charge is 0.494 e. The van der Waals surface area contributed by atoms with E-state index in [2.05, 4.69) is 5.10 Å². The molecule has 2 aromatic rings. The van der Waals surface area contributed by atoms with Gasteiger partial charge in [0, 0.05) is 0 Å². The fourth-order valence-corrected chi connectivity index (χ4v) is 1.87. The zero-order chi connectivity index (χ0) is 17.9. The van der Waals surface area contributed by atoms with Crippen LogP contribution in [0.2, 0.25) is 0 Å². The van der Waals surface area contributed by atoms with Crippen molar-refractivity contribution in [3.05, 3.63) is 58.9 Å². The maximum atomic E-state index is 13.5. The number of hydrogen-bond donors (Lipinski definition) is 1. The lowest BCUT2D eigenvalue weighted by molar-refractivity contribution is 0.340. The summed E-state index contributed by atoms with van der Waals surface area (Å²) < 4.78 is 71.5. The van der Waals surface area contributed by atoms with Gasteiger partial charge >= 0.3 is 0 Å². The molecule has 3 nitrogen and oxygen atoms in total. The lowest BCUT2D eigenvalue weighted by Crippen LogP contribution is -2.08. The molecule has 2 aromatic carbocycles. The van der Waals surface area contributed by atoms with Gasteiger partial charge in [0.15, 0.2) is 23.3 Å². The molecule has 0 aromatic heterocycles. The summed E-state index contributed by atoms with van der Waals surface area (Å²) in [5.41, 5.74) is 1.53. The van der Waals surface area contributed by atoms with Gasteiger partial charge < -0.3 is 4.74 Å². The first-order valence-electron chi connectivity index (χ1n) is 6.91. The average molecular weight is 344 g/mol. The molecule has 0 atom stereocenters. The van der Waals surface area contributed by atoms with E-state index in [0.717, 1.165) is 0 Å². The molecule has 0 radical (unpaired) electrons. The van der Waals surface area contributed by atoms with E-state index in [-0.39, 0.29) is 5.71 Å². The minimum Gasteiger partial charge on any atom is -0.494 e. The average Bonchev–Trinajstić information content (AvgIpc) is 2.59. The number of hydrogen-bond acceptors (Lipinski definition) is 3. The van der Waals surface area contributed by atoms with Crippen molar-refractivity contribution in [3.63, 3.8) is 0 Å². The van der Waals surface area contributed by atoms with Crippen LogP contribution in [0, 0.1) is 29.1 Å². The standard InChI is InChI=1S/C16H13F5N2O/c1-3-24-10-6-4-9(5-7-10)8(2)22-23-16-14(20)12(18)11(17)13(19)15(16)21/h4-7,23H,3H2,1-2H3/b22-8-. The second-order valence-corrected chi connectivity index (χ2v) is 4.71. The molecule has 1 N–H and O–H groups in total. The first-order chi connectivity index (χ1) is 11.4. The molecule has 0 saturated heterocycles. The molecule has 0 spiro atoms. The fourth-order valence-electron chi connectivity index (χ4n) is 1.87. The Kier molecular flexibility index (Phi) is 5.38. The van der Waals surface area contributed by atoms with Gasteiger partial charge in [-0.2, -0.15) is 5.10 Å². The third kappa shape index (κ3) is 3.47. The Hall–Kier alpha value is -2.64. The van der Waals surface area contributed by atoms with Crippen LogP contribution in [-0.4, -0.2) is 12.3 Å². The third-order valence-corrected chi connectivity index (χ3v) is 3.13. The second kappa shape index (κ2) is 7.29. The van der Waals surface area contributed by atoms with Gasteiger partial charge in [-0.3, -0.25) is 5.43 Å². The van der Waals surface area contributed by atoms with Crippen molar-refractivity contribution in [2.24, 2.45) is 5.10 Å². The molecule has 24 heavy (non-hydrogen) atoms. The summed E-state index contributed by atoms with van der Waals surface area (Å²) in [6.45, 7) is 3.83. The second-order valence-electron chi connectivity index (χ2n) is 4.71. The molecule has 0 saturated carbocycles. The van der Waals surface area contributed by atoms with Crippen LogP contribution in [0.3, 0.4) is 0 Å². The highest BCUT2D eigenvalue weighted by atomic mass is 19.2. The van der Waals surface area contributed by atoms with E-state index < -0.39 is 34.8 Å². The molecule has 0 heterocycles. The summed E-state index contributed by atoms with van der Waals surface area (Å²) in [5, 5.41) is 3.66. The lowest BCUT2D eigenvalue weighted by atomic mass is 10.1. The number of nitrogens with zero attached hydrogens (tertiary/aromatic N) is 1. The Balaban J connectivity index is 2.27. The van der Waals surface area contributed by atoms with E-state index in [1.54, 1.807) is 24.3 Å². The molecule has 128 valence electrons. The molecular formula is C16H13F5N2O. The maximum absolute atomic E-state index is 13.5. The Morgan fingerprint density at radius 3 is 1.92 bits per heavy atom. The van der Waals surface area contributed by atoms with Crippen LogP contribution < -0.4 is 10.2 Å². The van der Waals surface area contributed by atoms with Crippen molar-refractivity contribution in [1.82, 2.24) is 0 Å². The van der Waals surface area contributed by atoms with Crippen LogP contribution in [0.25, 0.3) is 0 Å². The molecule has 0 aliphatic rings. The maximum Gasteiger partial charge on any atom is 0.200 e. The number of rotatable bonds is 5. The van der Waals surface area contributed by atoms with E-state index in [4.69, 9.17) is 4.74 Å². The highest BCUT2D eigenvalue weighted by molar-refractivity contribution is 5.99. The van der Waals surface area contributed by atoms with Gasteiger partial charge in [-0.05, 0) is 43.7 Å². The van der Waals surface area contributed by atoms with Crippen LogP contribution in [-0.2, 0) is 0 Å². The van der Waals surface area contributed by atoms with Gasteiger partial charge in [0.25, 0.3) is 0 Å². The topological polar surface area (TPSA) is 33.6 Å². The molecule has 2 rings (SSSR count). The summed E-state index contributed by atoms with van der Waals surface area (Å²) >= 11 is 0. The van der Waals surface area contributed by atoms with Gasteiger partial charge in [0.2, 0.25) is 5.82 Å². The lowest BCUT2D eigenvalue weighted by Gasteiger charge is -2.09. The first-order valence-corrected chi connectivity index (χ1v) is 6.91. The van der Waals surface area contributed by atoms with E-state index in [0.29, 0.717) is 17.9 Å². The number of benzene rings is 2. The van der Waals surface area contributed by atoms with Crippen LogP contribution in [0.4, 0.5) is 27.6 Å². The van der Waals surface area contributed by atoms with Crippen LogP contribution in [0.15, 0.2) is 29.4 Å². The van der Waals surface area contributed by atoms with Crippen LogP contribution in [0.1, 0.15) is 19.4 Å². The number of halogens is 5. The summed E-state index contributed by atoms with van der Waals surface area (Å²) in [6.07, 6.45) is 0. The van der Waals surface area contributed by atoms with E-state index in [9.17, 15) is 22.0 Å². The third-order valence-electron chi connectivity index (χ3n) is 3.13. The van der Waals surface area contributed by atoms with Crippen molar-refractivity contribution in [3.8, 4) is 5.75 Å². The molecule has 0 aliphatic heterocycles. The number of anilines is 1. The molecular weight excluding hydrogens is 331 g/mol. The van der Waals surface area contributed by atoms with Crippen LogP contribution >= 0.6 is 0 Å². The zero-order valence-electron chi connectivity index (χ0n) is 12.8. The van der Waals surface area contributed by atoms with Gasteiger partial charge in [-0.25, -0.2) is 22.0 Å². The predicted octanol–water partition coefficient (Wildman–Crippen LogP) is 4.62. The first kappa shape index (κ1) is 17.7. The Bertz CT molecular complexity index is 746. The minimum atomic E-state index is -2.22. The number of hydrazone groups is 1. The Morgan fingerprint density at radius 1 is 0.917 bits per heavy atom. The quantitative estimate of drug-likeness (QED) is 0.282. The van der Waals surface area contributed by atoms with E-state index >= 15 is 0 Å². The summed E-state index contributed by atoms with van der Waals surface area (Å²) in [4.78, 5) is 0. The summed E-state index contributed by atoms with van der Waals surface area (Å²) in [6, 6.07) is 6.61. The molecule has 0 fully saturated rings. The van der Waals surface area contributed by atoms with Crippen molar-refractivity contribution in [2.45, 2.75) is 13.8 Å². The van der Waals surface area contributed by atoms with Crippen molar-refractivity contribution < 1.29 is 26.7 Å². The SMILES string of the molecule is CCOc1ccc(/C(C)=N\Nc2c(F)c(F)c(F)c(F)c2F)cc1. The summed E-state index contributed by atoms with van der Waals surface area (Å²) in [5.74, 6) is -9.62. The summed E-state index contributed by atoms with van der Waals surface area (Å²) in [7, 11) is 0. The van der Waals surface area contributed by atoms with Gasteiger partial charge in [-0.1, -0.05) is 0 Å². The molecule has 0 bridgehead atoms. The van der Waals surface area contributed by atoms with Crippen molar-refractivity contribution in [2.75, 3.05) is 12.0 Å². The highest BCUT2D eigenvalue weighted by Crippen LogP contribution is 2.27. The van der Waals surface area contributed by atoms with Crippen molar-refractivity contribution in [1.29, 1.82) is 0 Å². The van der Waals surface area contributed by atoms with E-state index in [1.165, 1.54) is 6.92 Å². The van der Waals surface area contributed by atoms with Crippen molar-refractivity contribution >= 4 is 11.4 Å². The molecule has 8 heteroatoms. The molecule has 0 aliphatic carbocycles. The molecule has 0 amide bonds. The van der Waals surface area contributed by atoms with Gasteiger partial charge in [-0.15, -0.1) is 0 Å². The Morgan fingerprint density at radius 2 is 1.42 bits per heavy atom. The number of nitrogens with one attached hydrogen (secondary N) is 1. The minimum absolute atomic E-state index is 0.280. The van der Waals surface area contributed by atoms with Crippen LogP contribution in [0.5, 0.6) is 5.75 Å². The van der Waals surface area contributed by atoms with Gasteiger partial charge in [0.1, 0.15) is 11.4 Å². The Labute approximate surface area is 134 Å². The van der Waals surface area contributed by atoms with E-state index in [1.807, 2.05) is 12.3 Å². The highest BCUT2D eigenvalue weighted by Gasteiger charge is 2.25. The van der Waals surface area contributed by atoms with Gasteiger partial charge in [0.05, 0.1) is 12.3 Å². The normalized spacial score (nSPS) is 11.5. The fraction of sp³-hybridized carbons (Fsp3) is 0.188. The molecule has 0 unspecified atom stereocenters. The monoisotopic (exact) mass is 344 g/mol. The zero-order valence-corrected chi connectivity index (χ0v) is 12.8.